The van der Waals surface area contributed by atoms with E-state index in [0.29, 0.717) is 0 Å². The quantitative estimate of drug-likeness (QED) is 0.871. The summed E-state index contributed by atoms with van der Waals surface area (Å²) in [5, 5.41) is 4.24. The van der Waals surface area contributed by atoms with Gasteiger partial charge in [0.15, 0.2) is 0 Å². The molecule has 3 rings (SSSR count). The molecule has 0 aromatic heterocycles. The Kier molecular flexibility index (Phi) is 4.79. The summed E-state index contributed by atoms with van der Waals surface area (Å²) in [5.74, 6) is 0. The predicted octanol–water partition coefficient (Wildman–Crippen LogP) is 4.55. The highest BCUT2D eigenvalue weighted by Gasteiger charge is 2.11. The number of rotatable bonds is 5. The van der Waals surface area contributed by atoms with Gasteiger partial charge in [-0.15, -0.1) is 0 Å². The lowest BCUT2D eigenvalue weighted by Crippen LogP contribution is -2.18. The zero-order valence-corrected chi connectivity index (χ0v) is 12.9. The van der Waals surface area contributed by atoms with Crippen LogP contribution in [0.15, 0.2) is 48.5 Å². The van der Waals surface area contributed by atoms with Gasteiger partial charge in [0, 0.05) is 23.8 Å². The molecule has 2 aromatic rings. The van der Waals surface area contributed by atoms with Gasteiger partial charge in [0.2, 0.25) is 0 Å². The Balaban J connectivity index is 1.55. The molecule has 3 heteroatoms. The molecule has 0 spiro atoms. The fraction of sp³-hybridized carbons (Fsp3) is 0.333. The predicted molar refractivity (Wildman–Crippen MR) is 89.7 cm³/mol. The summed E-state index contributed by atoms with van der Waals surface area (Å²) in [6.45, 7) is 4.31. The van der Waals surface area contributed by atoms with Crippen molar-refractivity contribution in [1.82, 2.24) is 4.90 Å². The van der Waals surface area contributed by atoms with Gasteiger partial charge in [-0.1, -0.05) is 41.9 Å². The van der Waals surface area contributed by atoms with Crippen LogP contribution in [-0.4, -0.2) is 18.0 Å². The normalized spacial score (nSPS) is 15.3. The van der Waals surface area contributed by atoms with Crippen LogP contribution >= 0.6 is 11.6 Å². The number of benzene rings is 2. The number of anilines is 1. The third kappa shape index (κ3) is 3.99. The molecule has 0 bridgehead atoms. The van der Waals surface area contributed by atoms with Gasteiger partial charge in [0.25, 0.3) is 0 Å². The average molecular weight is 301 g/mol. The minimum absolute atomic E-state index is 0.755. The maximum absolute atomic E-state index is 6.17. The van der Waals surface area contributed by atoms with Crippen molar-refractivity contribution in [3.05, 3.63) is 64.7 Å². The molecule has 0 unspecified atom stereocenters. The first-order valence-corrected chi connectivity index (χ1v) is 7.98. The largest absolute Gasteiger partial charge is 0.381 e. The van der Waals surface area contributed by atoms with E-state index in [1.54, 1.807) is 0 Å². The summed E-state index contributed by atoms with van der Waals surface area (Å²) in [7, 11) is 0. The Labute approximate surface area is 131 Å². The van der Waals surface area contributed by atoms with E-state index >= 15 is 0 Å². The van der Waals surface area contributed by atoms with Gasteiger partial charge in [-0.05, 0) is 55.3 Å². The van der Waals surface area contributed by atoms with Gasteiger partial charge in [0.05, 0.1) is 0 Å². The lowest BCUT2D eigenvalue weighted by Gasteiger charge is -2.15. The zero-order chi connectivity index (χ0) is 14.5. The summed E-state index contributed by atoms with van der Waals surface area (Å²) >= 11 is 6.17. The van der Waals surface area contributed by atoms with E-state index in [2.05, 4.69) is 40.5 Å². The van der Waals surface area contributed by atoms with Crippen LogP contribution in [0.5, 0.6) is 0 Å². The van der Waals surface area contributed by atoms with Crippen LogP contribution in [0.25, 0.3) is 0 Å². The molecule has 2 aromatic carbocycles. The Morgan fingerprint density at radius 2 is 1.67 bits per heavy atom. The summed E-state index contributed by atoms with van der Waals surface area (Å²) in [5.41, 5.74) is 3.65. The third-order valence-corrected chi connectivity index (χ3v) is 4.37. The van der Waals surface area contributed by atoms with E-state index in [1.165, 1.54) is 31.5 Å². The van der Waals surface area contributed by atoms with E-state index < -0.39 is 0 Å². The molecule has 1 aliphatic rings. The minimum Gasteiger partial charge on any atom is -0.381 e. The first-order chi connectivity index (χ1) is 10.3. The molecule has 1 heterocycles. The van der Waals surface area contributed by atoms with Gasteiger partial charge in [-0.2, -0.15) is 0 Å². The number of nitrogens with zero attached hydrogens (tertiary/aromatic N) is 1. The van der Waals surface area contributed by atoms with Crippen LogP contribution in [-0.2, 0) is 13.1 Å². The van der Waals surface area contributed by atoms with Crippen LogP contribution in [0.2, 0.25) is 5.02 Å². The number of nitrogens with one attached hydrogen (secondary N) is 1. The Morgan fingerprint density at radius 1 is 0.952 bits per heavy atom. The molecule has 1 aliphatic heterocycles. The van der Waals surface area contributed by atoms with E-state index in [4.69, 9.17) is 11.6 Å². The average Bonchev–Trinajstić information content (AvgIpc) is 3.01. The monoisotopic (exact) mass is 300 g/mol. The van der Waals surface area contributed by atoms with Crippen LogP contribution in [0.4, 0.5) is 5.69 Å². The highest BCUT2D eigenvalue weighted by Crippen LogP contribution is 2.18. The summed E-state index contributed by atoms with van der Waals surface area (Å²) in [6, 6.07) is 16.7. The third-order valence-electron chi connectivity index (χ3n) is 4.00. The van der Waals surface area contributed by atoms with Gasteiger partial charge < -0.3 is 5.32 Å². The van der Waals surface area contributed by atoms with E-state index in [9.17, 15) is 0 Å². The van der Waals surface area contributed by atoms with Crippen molar-refractivity contribution in [3.63, 3.8) is 0 Å². The molecule has 110 valence electrons. The Hall–Kier alpha value is -1.51. The second-order valence-corrected chi connectivity index (χ2v) is 6.03. The fourth-order valence-corrected chi connectivity index (χ4v) is 2.97. The molecule has 0 aliphatic carbocycles. The topological polar surface area (TPSA) is 15.3 Å². The van der Waals surface area contributed by atoms with Crippen LogP contribution in [0, 0.1) is 0 Å². The molecule has 0 amide bonds. The molecular weight excluding hydrogens is 280 g/mol. The van der Waals surface area contributed by atoms with Crippen molar-refractivity contribution in [2.45, 2.75) is 25.9 Å². The molecule has 1 saturated heterocycles. The summed E-state index contributed by atoms with van der Waals surface area (Å²) < 4.78 is 0. The first kappa shape index (κ1) is 14.4. The van der Waals surface area contributed by atoms with Gasteiger partial charge in [-0.3, -0.25) is 4.90 Å². The number of halogens is 1. The smallest absolute Gasteiger partial charge is 0.0455 e. The van der Waals surface area contributed by atoms with Crippen molar-refractivity contribution < 1.29 is 0 Å². The van der Waals surface area contributed by atoms with Gasteiger partial charge in [0.1, 0.15) is 0 Å². The van der Waals surface area contributed by atoms with Crippen LogP contribution in [0.3, 0.4) is 0 Å². The molecular formula is C18H21ClN2. The fourth-order valence-electron chi connectivity index (χ4n) is 2.77. The van der Waals surface area contributed by atoms with Crippen molar-refractivity contribution >= 4 is 17.3 Å². The minimum atomic E-state index is 0.755. The highest BCUT2D eigenvalue weighted by atomic mass is 35.5. The Morgan fingerprint density at radius 3 is 2.38 bits per heavy atom. The number of hydrogen-bond donors (Lipinski definition) is 1. The lowest BCUT2D eigenvalue weighted by atomic mass is 10.2. The maximum Gasteiger partial charge on any atom is 0.0455 e. The van der Waals surface area contributed by atoms with E-state index in [-0.39, 0.29) is 0 Å². The molecule has 2 nitrogen and oxygen atoms in total. The molecule has 0 atom stereocenters. The van der Waals surface area contributed by atoms with E-state index in [1.807, 2.05) is 18.2 Å². The second-order valence-electron chi connectivity index (χ2n) is 5.63. The zero-order valence-electron chi connectivity index (χ0n) is 12.2. The molecule has 1 N–H and O–H groups in total. The molecule has 0 radical (unpaired) electrons. The molecule has 0 saturated carbocycles. The number of likely N-dealkylation sites (tertiary alicyclic amines) is 1. The number of hydrogen-bond acceptors (Lipinski definition) is 2. The maximum atomic E-state index is 6.17. The molecule has 21 heavy (non-hydrogen) atoms. The lowest BCUT2D eigenvalue weighted by molar-refractivity contribution is 0.331. The summed E-state index contributed by atoms with van der Waals surface area (Å²) in [4.78, 5) is 2.52. The first-order valence-electron chi connectivity index (χ1n) is 7.60. The van der Waals surface area contributed by atoms with Gasteiger partial charge >= 0.3 is 0 Å². The van der Waals surface area contributed by atoms with Gasteiger partial charge in [-0.25, -0.2) is 0 Å². The standard InChI is InChI=1S/C18H21ClN2/c19-18-6-2-1-5-16(18)13-20-17-9-7-15(8-10-17)14-21-11-3-4-12-21/h1-2,5-10,20H,3-4,11-14H2. The van der Waals surface area contributed by atoms with Crippen molar-refractivity contribution in [2.75, 3.05) is 18.4 Å². The van der Waals surface area contributed by atoms with E-state index in [0.717, 1.165) is 29.4 Å². The molecule has 1 fully saturated rings. The second kappa shape index (κ2) is 6.97. The Bertz CT molecular complexity index is 574. The van der Waals surface area contributed by atoms with Crippen LogP contribution in [0.1, 0.15) is 24.0 Å². The van der Waals surface area contributed by atoms with Crippen molar-refractivity contribution in [3.8, 4) is 0 Å². The van der Waals surface area contributed by atoms with Crippen molar-refractivity contribution in [1.29, 1.82) is 0 Å². The van der Waals surface area contributed by atoms with Crippen molar-refractivity contribution in [2.24, 2.45) is 0 Å². The highest BCUT2D eigenvalue weighted by molar-refractivity contribution is 6.31. The SMILES string of the molecule is Clc1ccccc1CNc1ccc(CN2CCCC2)cc1. The summed E-state index contributed by atoms with van der Waals surface area (Å²) in [6.07, 6.45) is 2.69. The van der Waals surface area contributed by atoms with Crippen LogP contribution < -0.4 is 5.32 Å².